The second-order valence-corrected chi connectivity index (χ2v) is 3.84. The molecule has 0 amide bonds. The summed E-state index contributed by atoms with van der Waals surface area (Å²) in [5, 5.41) is 9.00. The zero-order valence-electron chi connectivity index (χ0n) is 10.1. The SMILES string of the molecule is CC(CO)Oc1ccccc1Oc1ccncc1. The maximum Gasteiger partial charge on any atom is 0.169 e. The molecule has 2 aromatic rings. The summed E-state index contributed by atoms with van der Waals surface area (Å²) in [5.74, 6) is 1.91. The number of pyridine rings is 1. The first-order chi connectivity index (χ1) is 8.79. The lowest BCUT2D eigenvalue weighted by molar-refractivity contribution is 0.127. The molecule has 18 heavy (non-hydrogen) atoms. The molecule has 1 aromatic heterocycles. The van der Waals surface area contributed by atoms with Gasteiger partial charge in [0.1, 0.15) is 11.9 Å². The van der Waals surface area contributed by atoms with E-state index < -0.39 is 0 Å². The van der Waals surface area contributed by atoms with Gasteiger partial charge in [-0.1, -0.05) is 12.1 Å². The third-order valence-electron chi connectivity index (χ3n) is 2.31. The fraction of sp³-hybridized carbons (Fsp3) is 0.214. The van der Waals surface area contributed by atoms with Crippen LogP contribution in [0.15, 0.2) is 48.8 Å². The molecule has 0 saturated carbocycles. The monoisotopic (exact) mass is 245 g/mol. The van der Waals surface area contributed by atoms with Crippen molar-refractivity contribution in [3.63, 3.8) is 0 Å². The summed E-state index contributed by atoms with van der Waals surface area (Å²) in [6, 6.07) is 10.9. The first-order valence-electron chi connectivity index (χ1n) is 5.74. The number of aromatic nitrogens is 1. The summed E-state index contributed by atoms with van der Waals surface area (Å²) in [6.07, 6.45) is 3.05. The number of aliphatic hydroxyl groups is 1. The first kappa shape index (κ1) is 12.4. The second kappa shape index (κ2) is 6.02. The van der Waals surface area contributed by atoms with Crippen LogP contribution < -0.4 is 9.47 Å². The number of hydrogen-bond donors (Lipinski definition) is 1. The van der Waals surface area contributed by atoms with Crippen molar-refractivity contribution in [3.8, 4) is 17.2 Å². The second-order valence-electron chi connectivity index (χ2n) is 3.84. The number of nitrogens with zero attached hydrogens (tertiary/aromatic N) is 1. The van der Waals surface area contributed by atoms with Crippen molar-refractivity contribution < 1.29 is 14.6 Å². The van der Waals surface area contributed by atoms with Crippen LogP contribution in [0.3, 0.4) is 0 Å². The maximum absolute atomic E-state index is 9.00. The number of rotatable bonds is 5. The molecule has 0 aliphatic rings. The Kier molecular flexibility index (Phi) is 4.15. The molecule has 1 N–H and O–H groups in total. The van der Waals surface area contributed by atoms with Gasteiger partial charge in [0.2, 0.25) is 0 Å². The van der Waals surface area contributed by atoms with Gasteiger partial charge in [-0.3, -0.25) is 4.98 Å². The normalized spacial score (nSPS) is 11.9. The number of ether oxygens (including phenoxy) is 2. The van der Waals surface area contributed by atoms with Crippen LogP contribution in [0.2, 0.25) is 0 Å². The van der Waals surface area contributed by atoms with Gasteiger partial charge >= 0.3 is 0 Å². The molecule has 0 aliphatic heterocycles. The molecule has 1 heterocycles. The molecule has 1 aromatic carbocycles. The van der Waals surface area contributed by atoms with Crippen LogP contribution in [-0.4, -0.2) is 22.8 Å². The molecular weight excluding hydrogens is 230 g/mol. The molecule has 94 valence electrons. The molecule has 0 saturated heterocycles. The largest absolute Gasteiger partial charge is 0.484 e. The summed E-state index contributed by atoms with van der Waals surface area (Å²) < 4.78 is 11.3. The van der Waals surface area contributed by atoms with Crippen molar-refractivity contribution in [1.82, 2.24) is 4.98 Å². The van der Waals surface area contributed by atoms with E-state index in [2.05, 4.69) is 4.98 Å². The van der Waals surface area contributed by atoms with E-state index in [0.29, 0.717) is 17.2 Å². The number of hydrogen-bond acceptors (Lipinski definition) is 4. The zero-order chi connectivity index (χ0) is 12.8. The zero-order valence-corrected chi connectivity index (χ0v) is 10.1. The summed E-state index contributed by atoms with van der Waals surface area (Å²) in [4.78, 5) is 3.93. The Morgan fingerprint density at radius 2 is 1.78 bits per heavy atom. The predicted molar refractivity (Wildman–Crippen MR) is 67.9 cm³/mol. The molecule has 0 spiro atoms. The van der Waals surface area contributed by atoms with Crippen molar-refractivity contribution in [1.29, 1.82) is 0 Å². The molecule has 4 nitrogen and oxygen atoms in total. The Balaban J connectivity index is 2.17. The third kappa shape index (κ3) is 3.21. The third-order valence-corrected chi connectivity index (χ3v) is 2.31. The van der Waals surface area contributed by atoms with Gasteiger partial charge in [0, 0.05) is 12.4 Å². The highest BCUT2D eigenvalue weighted by Crippen LogP contribution is 2.31. The highest BCUT2D eigenvalue weighted by Gasteiger charge is 2.08. The summed E-state index contributed by atoms with van der Waals surface area (Å²) >= 11 is 0. The van der Waals surface area contributed by atoms with Crippen LogP contribution in [0.25, 0.3) is 0 Å². The molecule has 4 heteroatoms. The minimum Gasteiger partial charge on any atom is -0.484 e. The average Bonchev–Trinajstić information content (AvgIpc) is 2.42. The van der Waals surface area contributed by atoms with E-state index in [4.69, 9.17) is 14.6 Å². The summed E-state index contributed by atoms with van der Waals surface area (Å²) in [5.41, 5.74) is 0. The topological polar surface area (TPSA) is 51.6 Å². The Hall–Kier alpha value is -2.07. The lowest BCUT2D eigenvalue weighted by Crippen LogP contribution is -2.16. The standard InChI is InChI=1S/C14H15NO3/c1-11(10-16)17-13-4-2-3-5-14(13)18-12-6-8-15-9-7-12/h2-9,11,16H,10H2,1H3. The fourth-order valence-corrected chi connectivity index (χ4v) is 1.42. The minimum absolute atomic E-state index is 0.0381. The molecule has 0 aliphatic carbocycles. The Morgan fingerprint density at radius 1 is 1.11 bits per heavy atom. The van der Waals surface area contributed by atoms with Crippen LogP contribution in [-0.2, 0) is 0 Å². The number of benzene rings is 1. The van der Waals surface area contributed by atoms with E-state index in [-0.39, 0.29) is 12.7 Å². The Labute approximate surface area is 106 Å². The highest BCUT2D eigenvalue weighted by molar-refractivity contribution is 5.42. The van der Waals surface area contributed by atoms with Crippen molar-refractivity contribution in [3.05, 3.63) is 48.8 Å². The van der Waals surface area contributed by atoms with E-state index in [0.717, 1.165) is 0 Å². The van der Waals surface area contributed by atoms with Gasteiger partial charge < -0.3 is 14.6 Å². The van der Waals surface area contributed by atoms with Crippen molar-refractivity contribution in [2.75, 3.05) is 6.61 Å². The van der Waals surface area contributed by atoms with Crippen LogP contribution >= 0.6 is 0 Å². The van der Waals surface area contributed by atoms with E-state index >= 15 is 0 Å². The number of para-hydroxylation sites is 2. The van der Waals surface area contributed by atoms with E-state index in [1.807, 2.05) is 24.3 Å². The molecule has 1 atom stereocenters. The Morgan fingerprint density at radius 3 is 2.44 bits per heavy atom. The Bertz CT molecular complexity index is 487. The summed E-state index contributed by atoms with van der Waals surface area (Å²) in [6.45, 7) is 1.76. The number of aliphatic hydroxyl groups excluding tert-OH is 1. The van der Waals surface area contributed by atoms with Gasteiger partial charge in [0.15, 0.2) is 11.5 Å². The molecule has 2 rings (SSSR count). The van der Waals surface area contributed by atoms with Crippen LogP contribution in [0.1, 0.15) is 6.92 Å². The van der Waals surface area contributed by atoms with Gasteiger partial charge in [-0.2, -0.15) is 0 Å². The highest BCUT2D eigenvalue weighted by atomic mass is 16.5. The average molecular weight is 245 g/mol. The smallest absolute Gasteiger partial charge is 0.169 e. The van der Waals surface area contributed by atoms with E-state index in [1.54, 1.807) is 31.5 Å². The van der Waals surface area contributed by atoms with Gasteiger partial charge in [-0.15, -0.1) is 0 Å². The van der Waals surface area contributed by atoms with Gasteiger partial charge in [-0.05, 0) is 31.2 Å². The maximum atomic E-state index is 9.00. The fourth-order valence-electron chi connectivity index (χ4n) is 1.42. The quantitative estimate of drug-likeness (QED) is 0.879. The van der Waals surface area contributed by atoms with Gasteiger partial charge in [-0.25, -0.2) is 0 Å². The molecule has 0 fully saturated rings. The lowest BCUT2D eigenvalue weighted by Gasteiger charge is -2.15. The van der Waals surface area contributed by atoms with Crippen LogP contribution in [0.4, 0.5) is 0 Å². The predicted octanol–water partition coefficient (Wildman–Crippen LogP) is 2.63. The van der Waals surface area contributed by atoms with Crippen molar-refractivity contribution in [2.24, 2.45) is 0 Å². The van der Waals surface area contributed by atoms with Crippen molar-refractivity contribution >= 4 is 0 Å². The summed E-state index contributed by atoms with van der Waals surface area (Å²) in [7, 11) is 0. The van der Waals surface area contributed by atoms with Crippen LogP contribution in [0, 0.1) is 0 Å². The minimum atomic E-state index is -0.271. The lowest BCUT2D eigenvalue weighted by atomic mass is 10.3. The van der Waals surface area contributed by atoms with Crippen molar-refractivity contribution in [2.45, 2.75) is 13.0 Å². The van der Waals surface area contributed by atoms with Gasteiger partial charge in [0.05, 0.1) is 6.61 Å². The molecule has 0 bridgehead atoms. The molecule has 1 unspecified atom stereocenters. The first-order valence-corrected chi connectivity index (χ1v) is 5.74. The van der Waals surface area contributed by atoms with E-state index in [1.165, 1.54) is 0 Å². The molecule has 0 radical (unpaired) electrons. The van der Waals surface area contributed by atoms with E-state index in [9.17, 15) is 0 Å². The van der Waals surface area contributed by atoms with Gasteiger partial charge in [0.25, 0.3) is 0 Å². The molecular formula is C14H15NO3. The van der Waals surface area contributed by atoms with Crippen LogP contribution in [0.5, 0.6) is 17.2 Å².